The highest BCUT2D eigenvalue weighted by molar-refractivity contribution is 9.10. The molecule has 3 aromatic rings. The predicted molar refractivity (Wildman–Crippen MR) is 91.0 cm³/mol. The zero-order valence-electron chi connectivity index (χ0n) is 12.2. The van der Waals surface area contributed by atoms with Crippen LogP contribution in [0.5, 0.6) is 0 Å². The van der Waals surface area contributed by atoms with Crippen molar-refractivity contribution in [1.82, 2.24) is 19.9 Å². The summed E-state index contributed by atoms with van der Waals surface area (Å²) >= 11 is 3.53. The Labute approximate surface area is 137 Å². The molecule has 0 spiro atoms. The standard InChI is InChI=1S/C17H17BrN4/c18-13-6-8-22-17(9-13)14(11-20-22)16-5-1-4-15(21-16)12-3-2-7-19-10-12/h1,4-6,8-9,11-12,19H,2-3,7,10H2. The van der Waals surface area contributed by atoms with Gasteiger partial charge in [0.25, 0.3) is 0 Å². The molecule has 22 heavy (non-hydrogen) atoms. The molecule has 1 saturated heterocycles. The number of nitrogens with one attached hydrogen (secondary N) is 1. The minimum atomic E-state index is 0.516. The molecule has 1 fully saturated rings. The highest BCUT2D eigenvalue weighted by atomic mass is 79.9. The molecule has 5 heteroatoms. The Kier molecular flexibility index (Phi) is 3.68. The lowest BCUT2D eigenvalue weighted by Crippen LogP contribution is -2.28. The lowest BCUT2D eigenvalue weighted by molar-refractivity contribution is 0.455. The van der Waals surface area contributed by atoms with E-state index >= 15 is 0 Å². The van der Waals surface area contributed by atoms with E-state index in [0.29, 0.717) is 5.92 Å². The first-order valence-electron chi connectivity index (χ1n) is 7.62. The number of piperidine rings is 1. The summed E-state index contributed by atoms with van der Waals surface area (Å²) in [5, 5.41) is 7.88. The predicted octanol–water partition coefficient (Wildman–Crippen LogP) is 3.63. The maximum Gasteiger partial charge on any atom is 0.0767 e. The van der Waals surface area contributed by atoms with Gasteiger partial charge >= 0.3 is 0 Å². The number of hydrogen-bond acceptors (Lipinski definition) is 3. The largest absolute Gasteiger partial charge is 0.316 e. The van der Waals surface area contributed by atoms with Gasteiger partial charge in [0.1, 0.15) is 0 Å². The molecule has 4 nitrogen and oxygen atoms in total. The van der Waals surface area contributed by atoms with Crippen molar-refractivity contribution in [1.29, 1.82) is 0 Å². The molecule has 112 valence electrons. The molecule has 0 amide bonds. The Morgan fingerprint density at radius 2 is 2.23 bits per heavy atom. The van der Waals surface area contributed by atoms with E-state index in [1.807, 2.05) is 23.0 Å². The van der Waals surface area contributed by atoms with E-state index in [1.54, 1.807) is 0 Å². The van der Waals surface area contributed by atoms with Crippen molar-refractivity contribution < 1.29 is 0 Å². The molecule has 1 aliphatic heterocycles. The minimum Gasteiger partial charge on any atom is -0.316 e. The monoisotopic (exact) mass is 356 g/mol. The van der Waals surface area contributed by atoms with Crippen LogP contribution >= 0.6 is 15.9 Å². The minimum absolute atomic E-state index is 0.516. The van der Waals surface area contributed by atoms with Gasteiger partial charge in [-0.15, -0.1) is 0 Å². The van der Waals surface area contributed by atoms with Crippen LogP contribution in [0.25, 0.3) is 16.8 Å². The molecule has 0 bridgehead atoms. The zero-order chi connectivity index (χ0) is 14.9. The summed E-state index contributed by atoms with van der Waals surface area (Å²) in [5.41, 5.74) is 4.32. The molecular weight excluding hydrogens is 340 g/mol. The van der Waals surface area contributed by atoms with Crippen LogP contribution in [-0.2, 0) is 0 Å². The van der Waals surface area contributed by atoms with E-state index < -0.39 is 0 Å². The van der Waals surface area contributed by atoms with Gasteiger partial charge in [-0.05, 0) is 43.7 Å². The van der Waals surface area contributed by atoms with Gasteiger partial charge in [0.2, 0.25) is 0 Å². The summed E-state index contributed by atoms with van der Waals surface area (Å²) in [5.74, 6) is 0.516. The van der Waals surface area contributed by atoms with Gasteiger partial charge in [0.05, 0.1) is 17.4 Å². The number of halogens is 1. The number of fused-ring (bicyclic) bond motifs is 1. The van der Waals surface area contributed by atoms with E-state index in [4.69, 9.17) is 4.98 Å². The van der Waals surface area contributed by atoms with Crippen LogP contribution in [0, 0.1) is 0 Å². The topological polar surface area (TPSA) is 42.2 Å². The molecule has 0 aliphatic carbocycles. The van der Waals surface area contributed by atoms with Crippen LogP contribution in [0.15, 0.2) is 47.2 Å². The molecule has 0 saturated carbocycles. The van der Waals surface area contributed by atoms with Crippen LogP contribution in [0.3, 0.4) is 0 Å². The van der Waals surface area contributed by atoms with Gasteiger partial charge in [0, 0.05) is 34.4 Å². The van der Waals surface area contributed by atoms with Gasteiger partial charge < -0.3 is 5.32 Å². The SMILES string of the molecule is Brc1ccn2ncc(-c3cccc(C4CCCNC4)n3)c2c1. The molecule has 0 aromatic carbocycles. The van der Waals surface area contributed by atoms with E-state index in [1.165, 1.54) is 18.5 Å². The number of rotatable bonds is 2. The van der Waals surface area contributed by atoms with Crippen molar-refractivity contribution in [3.8, 4) is 11.3 Å². The number of nitrogens with zero attached hydrogens (tertiary/aromatic N) is 3. The second-order valence-corrected chi connectivity index (χ2v) is 6.64. The Morgan fingerprint density at radius 3 is 3.09 bits per heavy atom. The molecule has 1 atom stereocenters. The first-order chi connectivity index (χ1) is 10.8. The second kappa shape index (κ2) is 5.82. The summed E-state index contributed by atoms with van der Waals surface area (Å²) in [6, 6.07) is 10.4. The third-order valence-electron chi connectivity index (χ3n) is 4.25. The van der Waals surface area contributed by atoms with Crippen LogP contribution in [0.1, 0.15) is 24.5 Å². The van der Waals surface area contributed by atoms with E-state index in [9.17, 15) is 0 Å². The van der Waals surface area contributed by atoms with Gasteiger partial charge in [-0.2, -0.15) is 5.10 Å². The average Bonchev–Trinajstić information content (AvgIpc) is 2.99. The fraction of sp³-hybridized carbons (Fsp3) is 0.294. The lowest BCUT2D eigenvalue weighted by atomic mass is 9.95. The molecule has 1 aliphatic rings. The van der Waals surface area contributed by atoms with Crippen molar-refractivity contribution in [2.24, 2.45) is 0 Å². The van der Waals surface area contributed by atoms with Crippen molar-refractivity contribution in [3.63, 3.8) is 0 Å². The van der Waals surface area contributed by atoms with Gasteiger partial charge in [-0.1, -0.05) is 22.0 Å². The molecule has 4 rings (SSSR count). The summed E-state index contributed by atoms with van der Waals surface area (Å²) in [7, 11) is 0. The first kappa shape index (κ1) is 13.9. The third-order valence-corrected chi connectivity index (χ3v) is 4.74. The molecule has 4 heterocycles. The van der Waals surface area contributed by atoms with E-state index in [2.05, 4.69) is 50.6 Å². The number of hydrogen-bond donors (Lipinski definition) is 1. The third kappa shape index (κ3) is 2.55. The fourth-order valence-corrected chi connectivity index (χ4v) is 3.42. The highest BCUT2D eigenvalue weighted by Crippen LogP contribution is 2.28. The van der Waals surface area contributed by atoms with Gasteiger partial charge in [0.15, 0.2) is 0 Å². The van der Waals surface area contributed by atoms with Crippen LogP contribution in [-0.4, -0.2) is 27.7 Å². The highest BCUT2D eigenvalue weighted by Gasteiger charge is 2.17. The Morgan fingerprint density at radius 1 is 1.27 bits per heavy atom. The molecule has 0 radical (unpaired) electrons. The van der Waals surface area contributed by atoms with Crippen LogP contribution < -0.4 is 5.32 Å². The molecular formula is C17H17BrN4. The molecule has 1 N–H and O–H groups in total. The van der Waals surface area contributed by atoms with Crippen molar-refractivity contribution >= 4 is 21.4 Å². The Hall–Kier alpha value is -1.72. The smallest absolute Gasteiger partial charge is 0.0767 e. The van der Waals surface area contributed by atoms with Gasteiger partial charge in [-0.25, -0.2) is 4.52 Å². The number of pyridine rings is 2. The summed E-state index contributed by atoms with van der Waals surface area (Å²) in [4.78, 5) is 4.91. The van der Waals surface area contributed by atoms with E-state index in [-0.39, 0.29) is 0 Å². The first-order valence-corrected chi connectivity index (χ1v) is 8.41. The van der Waals surface area contributed by atoms with Gasteiger partial charge in [-0.3, -0.25) is 4.98 Å². The van der Waals surface area contributed by atoms with Crippen molar-refractivity contribution in [2.45, 2.75) is 18.8 Å². The summed E-state index contributed by atoms with van der Waals surface area (Å²) in [6.45, 7) is 2.15. The maximum atomic E-state index is 4.91. The van der Waals surface area contributed by atoms with Crippen LogP contribution in [0.2, 0.25) is 0 Å². The Bertz CT molecular complexity index is 805. The normalized spacial score (nSPS) is 18.7. The Balaban J connectivity index is 1.76. The average molecular weight is 357 g/mol. The maximum absolute atomic E-state index is 4.91. The van der Waals surface area contributed by atoms with E-state index in [0.717, 1.165) is 34.3 Å². The fourth-order valence-electron chi connectivity index (χ4n) is 3.09. The molecule has 1 unspecified atom stereocenters. The second-order valence-electron chi connectivity index (χ2n) is 5.72. The number of aromatic nitrogens is 3. The van der Waals surface area contributed by atoms with Crippen molar-refractivity contribution in [2.75, 3.05) is 13.1 Å². The summed E-state index contributed by atoms with van der Waals surface area (Å²) < 4.78 is 2.94. The zero-order valence-corrected chi connectivity index (χ0v) is 13.8. The van der Waals surface area contributed by atoms with Crippen LogP contribution in [0.4, 0.5) is 0 Å². The van der Waals surface area contributed by atoms with Crippen molar-refractivity contribution in [3.05, 3.63) is 52.9 Å². The lowest BCUT2D eigenvalue weighted by Gasteiger charge is -2.22. The molecule has 3 aromatic heterocycles. The summed E-state index contributed by atoms with van der Waals surface area (Å²) in [6.07, 6.45) is 6.29. The quantitative estimate of drug-likeness (QED) is 0.762.